The summed E-state index contributed by atoms with van der Waals surface area (Å²) in [4.78, 5) is 6.72. The van der Waals surface area contributed by atoms with Crippen LogP contribution in [0.3, 0.4) is 0 Å². The summed E-state index contributed by atoms with van der Waals surface area (Å²) >= 11 is 0. The standard InChI is InChI=1S/C18H38N4O2.HI/c1-4-11-22(5-2)12-10-21-18(19-3)20-9-6-13-24-16-17-7-14-23-15-8-17;/h17H,4-16H2,1-3H3,(H2,19,20,21);1H. The van der Waals surface area contributed by atoms with E-state index in [4.69, 9.17) is 9.47 Å². The van der Waals surface area contributed by atoms with Crippen molar-refractivity contribution in [1.29, 1.82) is 0 Å². The Bertz CT molecular complexity index is 326. The van der Waals surface area contributed by atoms with E-state index in [0.717, 1.165) is 84.4 Å². The van der Waals surface area contributed by atoms with E-state index in [1.54, 1.807) is 0 Å². The molecule has 1 aliphatic heterocycles. The predicted octanol–water partition coefficient (Wildman–Crippen LogP) is 2.33. The Hall–Kier alpha value is -0.120. The van der Waals surface area contributed by atoms with Gasteiger partial charge in [-0.15, -0.1) is 24.0 Å². The molecule has 0 saturated carbocycles. The van der Waals surface area contributed by atoms with Gasteiger partial charge >= 0.3 is 0 Å². The molecular weight excluding hydrogens is 431 g/mol. The van der Waals surface area contributed by atoms with Crippen molar-refractivity contribution in [3.8, 4) is 0 Å². The monoisotopic (exact) mass is 470 g/mol. The Balaban J connectivity index is 0.00000576. The van der Waals surface area contributed by atoms with Crippen molar-refractivity contribution < 1.29 is 9.47 Å². The molecule has 0 aromatic rings. The lowest BCUT2D eigenvalue weighted by molar-refractivity contribution is 0.0203. The van der Waals surface area contributed by atoms with Gasteiger partial charge in [-0.05, 0) is 44.7 Å². The molecule has 6 nitrogen and oxygen atoms in total. The fraction of sp³-hybridized carbons (Fsp3) is 0.944. The molecule has 0 atom stereocenters. The van der Waals surface area contributed by atoms with E-state index in [2.05, 4.69) is 34.4 Å². The van der Waals surface area contributed by atoms with Crippen LogP contribution >= 0.6 is 24.0 Å². The summed E-state index contributed by atoms with van der Waals surface area (Å²) in [5.74, 6) is 1.57. The molecule has 0 spiro atoms. The number of hydrogen-bond acceptors (Lipinski definition) is 4. The van der Waals surface area contributed by atoms with Crippen LogP contribution in [-0.4, -0.2) is 77.1 Å². The first kappa shape index (κ1) is 24.9. The number of likely N-dealkylation sites (N-methyl/N-ethyl adjacent to an activating group) is 1. The first-order valence-electron chi connectivity index (χ1n) is 9.62. The zero-order valence-electron chi connectivity index (χ0n) is 16.4. The molecule has 0 aliphatic carbocycles. The minimum absolute atomic E-state index is 0. The van der Waals surface area contributed by atoms with Gasteiger partial charge in [0.2, 0.25) is 0 Å². The van der Waals surface area contributed by atoms with E-state index in [0.29, 0.717) is 5.92 Å². The number of rotatable bonds is 12. The Labute approximate surface area is 171 Å². The van der Waals surface area contributed by atoms with Crippen molar-refractivity contribution in [2.45, 2.75) is 39.5 Å². The molecule has 1 aliphatic rings. The van der Waals surface area contributed by atoms with Gasteiger partial charge in [0, 0.05) is 53.1 Å². The number of guanidine groups is 1. The van der Waals surface area contributed by atoms with Gasteiger partial charge in [0.15, 0.2) is 5.96 Å². The highest BCUT2D eigenvalue weighted by Gasteiger charge is 2.13. The van der Waals surface area contributed by atoms with Crippen LogP contribution in [0.5, 0.6) is 0 Å². The lowest BCUT2D eigenvalue weighted by atomic mass is 10.0. The molecule has 150 valence electrons. The summed E-state index contributed by atoms with van der Waals surface area (Å²) < 4.78 is 11.1. The largest absolute Gasteiger partial charge is 0.381 e. The Kier molecular flexibility index (Phi) is 17.2. The van der Waals surface area contributed by atoms with Gasteiger partial charge in [-0.25, -0.2) is 0 Å². The van der Waals surface area contributed by atoms with E-state index in [1.807, 2.05) is 7.05 Å². The zero-order chi connectivity index (χ0) is 17.5. The average molecular weight is 470 g/mol. The number of hydrogen-bond donors (Lipinski definition) is 2. The van der Waals surface area contributed by atoms with Crippen molar-refractivity contribution >= 4 is 29.9 Å². The lowest BCUT2D eigenvalue weighted by Gasteiger charge is -2.22. The highest BCUT2D eigenvalue weighted by Crippen LogP contribution is 2.14. The molecule has 0 radical (unpaired) electrons. The van der Waals surface area contributed by atoms with Crippen molar-refractivity contribution in [1.82, 2.24) is 15.5 Å². The van der Waals surface area contributed by atoms with Gasteiger partial charge in [0.1, 0.15) is 0 Å². The van der Waals surface area contributed by atoms with Gasteiger partial charge in [-0.2, -0.15) is 0 Å². The third kappa shape index (κ3) is 12.8. The van der Waals surface area contributed by atoms with Crippen molar-refractivity contribution in [2.75, 3.05) is 66.2 Å². The van der Waals surface area contributed by atoms with E-state index in [9.17, 15) is 0 Å². The van der Waals surface area contributed by atoms with Crippen LogP contribution in [-0.2, 0) is 9.47 Å². The van der Waals surface area contributed by atoms with Crippen LogP contribution in [0.1, 0.15) is 39.5 Å². The van der Waals surface area contributed by atoms with Crippen LogP contribution in [0.2, 0.25) is 0 Å². The second-order valence-electron chi connectivity index (χ2n) is 6.34. The molecule has 25 heavy (non-hydrogen) atoms. The van der Waals surface area contributed by atoms with Crippen LogP contribution in [0, 0.1) is 5.92 Å². The third-order valence-electron chi connectivity index (χ3n) is 4.38. The lowest BCUT2D eigenvalue weighted by Crippen LogP contribution is -2.42. The average Bonchev–Trinajstić information content (AvgIpc) is 2.63. The molecule has 1 fully saturated rings. The minimum Gasteiger partial charge on any atom is -0.381 e. The van der Waals surface area contributed by atoms with Crippen LogP contribution in [0.4, 0.5) is 0 Å². The highest BCUT2D eigenvalue weighted by molar-refractivity contribution is 14.0. The highest BCUT2D eigenvalue weighted by atomic mass is 127. The molecular formula is C18H39IN4O2. The second kappa shape index (κ2) is 17.3. The molecule has 2 N–H and O–H groups in total. The van der Waals surface area contributed by atoms with E-state index in [-0.39, 0.29) is 24.0 Å². The number of aliphatic imine (C=N–C) groups is 1. The first-order chi connectivity index (χ1) is 11.8. The summed E-state index contributed by atoms with van der Waals surface area (Å²) in [6.45, 7) is 13.0. The minimum atomic E-state index is 0. The van der Waals surface area contributed by atoms with Crippen LogP contribution < -0.4 is 10.6 Å². The van der Waals surface area contributed by atoms with Crippen LogP contribution in [0.15, 0.2) is 4.99 Å². The Morgan fingerprint density at radius 3 is 2.52 bits per heavy atom. The molecule has 0 amide bonds. The second-order valence-corrected chi connectivity index (χ2v) is 6.34. The first-order valence-corrected chi connectivity index (χ1v) is 9.62. The summed E-state index contributed by atoms with van der Waals surface area (Å²) in [7, 11) is 1.82. The SMILES string of the molecule is CCCN(CC)CCNC(=NC)NCCCOCC1CCOCC1.I. The van der Waals surface area contributed by atoms with E-state index in [1.165, 1.54) is 6.42 Å². The van der Waals surface area contributed by atoms with Gasteiger partial charge in [0.25, 0.3) is 0 Å². The fourth-order valence-corrected chi connectivity index (χ4v) is 2.84. The normalized spacial score (nSPS) is 15.9. The topological polar surface area (TPSA) is 58.1 Å². The zero-order valence-corrected chi connectivity index (χ0v) is 18.7. The smallest absolute Gasteiger partial charge is 0.191 e. The Morgan fingerprint density at radius 2 is 1.88 bits per heavy atom. The number of nitrogens with one attached hydrogen (secondary N) is 2. The molecule has 0 unspecified atom stereocenters. The molecule has 1 heterocycles. The summed E-state index contributed by atoms with van der Waals surface area (Å²) in [5, 5.41) is 6.73. The maximum atomic E-state index is 5.78. The molecule has 0 aromatic carbocycles. The Morgan fingerprint density at radius 1 is 1.16 bits per heavy atom. The number of nitrogens with zero attached hydrogens (tertiary/aromatic N) is 2. The van der Waals surface area contributed by atoms with E-state index < -0.39 is 0 Å². The van der Waals surface area contributed by atoms with Gasteiger partial charge in [0.05, 0.1) is 0 Å². The summed E-state index contributed by atoms with van der Waals surface area (Å²) in [5.41, 5.74) is 0. The molecule has 0 bridgehead atoms. The predicted molar refractivity (Wildman–Crippen MR) is 116 cm³/mol. The molecule has 7 heteroatoms. The van der Waals surface area contributed by atoms with Crippen molar-refractivity contribution in [2.24, 2.45) is 10.9 Å². The van der Waals surface area contributed by atoms with Crippen molar-refractivity contribution in [3.05, 3.63) is 0 Å². The van der Waals surface area contributed by atoms with Crippen LogP contribution in [0.25, 0.3) is 0 Å². The third-order valence-corrected chi connectivity index (χ3v) is 4.38. The van der Waals surface area contributed by atoms with Gasteiger partial charge in [-0.3, -0.25) is 4.99 Å². The molecule has 0 aromatic heterocycles. The van der Waals surface area contributed by atoms with Gasteiger partial charge in [-0.1, -0.05) is 13.8 Å². The molecule has 1 saturated heterocycles. The van der Waals surface area contributed by atoms with E-state index >= 15 is 0 Å². The summed E-state index contributed by atoms with van der Waals surface area (Å²) in [6.07, 6.45) is 4.48. The quantitative estimate of drug-likeness (QED) is 0.199. The maximum absolute atomic E-state index is 5.78. The van der Waals surface area contributed by atoms with Crippen molar-refractivity contribution in [3.63, 3.8) is 0 Å². The molecule has 1 rings (SSSR count). The fourth-order valence-electron chi connectivity index (χ4n) is 2.84. The maximum Gasteiger partial charge on any atom is 0.191 e. The number of ether oxygens (including phenoxy) is 2. The van der Waals surface area contributed by atoms with Gasteiger partial charge < -0.3 is 25.0 Å². The summed E-state index contributed by atoms with van der Waals surface area (Å²) in [6, 6.07) is 0. The number of halogens is 1.